The summed E-state index contributed by atoms with van der Waals surface area (Å²) in [7, 11) is 0. The largest absolute Gasteiger partial charge is 0.369 e. The smallest absolute Gasteiger partial charge is 0.231 e. The maximum absolute atomic E-state index is 11.0. The van der Waals surface area contributed by atoms with Gasteiger partial charge in [-0.05, 0) is 19.4 Å². The first-order chi connectivity index (χ1) is 7.24. The first kappa shape index (κ1) is 12.5. The van der Waals surface area contributed by atoms with Crippen molar-refractivity contribution in [3.8, 4) is 0 Å². The molecule has 0 aliphatic heterocycles. The van der Waals surface area contributed by atoms with Crippen LogP contribution in [0.1, 0.15) is 32.6 Å². The van der Waals surface area contributed by atoms with Gasteiger partial charge < -0.3 is 11.1 Å². The summed E-state index contributed by atoms with van der Waals surface area (Å²) in [5, 5.41) is 3.28. The van der Waals surface area contributed by atoms with E-state index in [1.165, 1.54) is 25.7 Å². The van der Waals surface area contributed by atoms with Crippen LogP contribution in [0.15, 0.2) is 0 Å². The Morgan fingerprint density at radius 2 is 2.13 bits per heavy atom. The van der Waals surface area contributed by atoms with Crippen LogP contribution in [0.3, 0.4) is 0 Å². The first-order valence-electron chi connectivity index (χ1n) is 5.97. The third kappa shape index (κ3) is 4.62. The fourth-order valence-electron chi connectivity index (χ4n) is 2.26. The van der Waals surface area contributed by atoms with E-state index < -0.39 is 0 Å². The predicted octanol–water partition coefficient (Wildman–Crippen LogP) is 0.326. The van der Waals surface area contributed by atoms with Crippen molar-refractivity contribution in [3.63, 3.8) is 0 Å². The van der Waals surface area contributed by atoms with E-state index >= 15 is 0 Å². The maximum Gasteiger partial charge on any atom is 0.231 e. The number of rotatable bonds is 7. The minimum absolute atomic E-state index is 0.210. The first-order valence-corrected chi connectivity index (χ1v) is 5.97. The predicted molar refractivity (Wildman–Crippen MR) is 61.6 cm³/mol. The summed E-state index contributed by atoms with van der Waals surface area (Å²) in [5.41, 5.74) is 5.26. The number of nitrogens with zero attached hydrogens (tertiary/aromatic N) is 1. The van der Waals surface area contributed by atoms with Gasteiger partial charge >= 0.3 is 0 Å². The molecule has 0 aromatic rings. The molecule has 0 atom stereocenters. The molecule has 1 rings (SSSR count). The van der Waals surface area contributed by atoms with E-state index in [1.54, 1.807) is 0 Å². The Kier molecular flexibility index (Phi) is 5.65. The maximum atomic E-state index is 11.0. The van der Waals surface area contributed by atoms with Crippen LogP contribution in [0.5, 0.6) is 0 Å². The van der Waals surface area contributed by atoms with Gasteiger partial charge in [-0.25, -0.2) is 0 Å². The lowest BCUT2D eigenvalue weighted by molar-refractivity contribution is -0.119. The molecule has 88 valence electrons. The lowest BCUT2D eigenvalue weighted by Crippen LogP contribution is -2.43. The Labute approximate surface area is 92.2 Å². The highest BCUT2D eigenvalue weighted by atomic mass is 16.1. The summed E-state index contributed by atoms with van der Waals surface area (Å²) in [5.74, 6) is -0.210. The summed E-state index contributed by atoms with van der Waals surface area (Å²) in [6, 6.07) is 0.580. The zero-order valence-corrected chi connectivity index (χ0v) is 9.67. The Morgan fingerprint density at radius 1 is 1.47 bits per heavy atom. The standard InChI is InChI=1S/C11H23N3O/c1-2-13-7-8-14(9-11(12)15)10-5-3-4-6-10/h10,13H,2-9H2,1H3,(H2,12,15). The number of amides is 1. The zero-order valence-electron chi connectivity index (χ0n) is 9.67. The van der Waals surface area contributed by atoms with E-state index in [4.69, 9.17) is 5.73 Å². The van der Waals surface area contributed by atoms with Crippen LogP contribution in [0.4, 0.5) is 0 Å². The lowest BCUT2D eigenvalue weighted by Gasteiger charge is -2.27. The quantitative estimate of drug-likeness (QED) is 0.599. The monoisotopic (exact) mass is 213 g/mol. The van der Waals surface area contributed by atoms with Crippen LogP contribution in [0.25, 0.3) is 0 Å². The summed E-state index contributed by atoms with van der Waals surface area (Å²) in [6.45, 7) is 5.36. The van der Waals surface area contributed by atoms with Gasteiger partial charge in [0, 0.05) is 19.1 Å². The molecule has 0 unspecified atom stereocenters. The normalized spacial score (nSPS) is 17.5. The third-order valence-corrected chi connectivity index (χ3v) is 3.03. The van der Waals surface area contributed by atoms with Crippen molar-refractivity contribution in [2.45, 2.75) is 38.6 Å². The van der Waals surface area contributed by atoms with Gasteiger partial charge in [0.25, 0.3) is 0 Å². The Morgan fingerprint density at radius 3 is 2.67 bits per heavy atom. The molecule has 1 aliphatic rings. The SMILES string of the molecule is CCNCCN(CC(N)=O)C1CCCC1. The summed E-state index contributed by atoms with van der Waals surface area (Å²) in [6.07, 6.45) is 5.03. The van der Waals surface area contributed by atoms with Crippen molar-refractivity contribution >= 4 is 5.91 Å². The second-order valence-electron chi connectivity index (χ2n) is 4.23. The highest BCUT2D eigenvalue weighted by Gasteiger charge is 2.22. The van der Waals surface area contributed by atoms with Crippen molar-refractivity contribution in [3.05, 3.63) is 0 Å². The van der Waals surface area contributed by atoms with Gasteiger partial charge in [-0.1, -0.05) is 19.8 Å². The van der Waals surface area contributed by atoms with Crippen LogP contribution in [-0.4, -0.2) is 43.0 Å². The number of carbonyl (C=O) groups is 1. The molecular weight excluding hydrogens is 190 g/mol. The molecule has 1 fully saturated rings. The Hall–Kier alpha value is -0.610. The fraction of sp³-hybridized carbons (Fsp3) is 0.909. The van der Waals surface area contributed by atoms with Gasteiger partial charge in [-0.2, -0.15) is 0 Å². The van der Waals surface area contributed by atoms with Crippen molar-refractivity contribution in [1.82, 2.24) is 10.2 Å². The number of nitrogens with two attached hydrogens (primary N) is 1. The highest BCUT2D eigenvalue weighted by molar-refractivity contribution is 5.75. The van der Waals surface area contributed by atoms with Crippen LogP contribution in [0, 0.1) is 0 Å². The van der Waals surface area contributed by atoms with E-state index in [-0.39, 0.29) is 5.91 Å². The topological polar surface area (TPSA) is 58.4 Å². The van der Waals surface area contributed by atoms with Crippen LogP contribution in [-0.2, 0) is 4.79 Å². The molecule has 0 radical (unpaired) electrons. The van der Waals surface area contributed by atoms with Gasteiger partial charge in [0.2, 0.25) is 5.91 Å². The second kappa shape index (κ2) is 6.80. The lowest BCUT2D eigenvalue weighted by atomic mass is 10.2. The van der Waals surface area contributed by atoms with Crippen molar-refractivity contribution < 1.29 is 4.79 Å². The van der Waals surface area contributed by atoms with Gasteiger partial charge in [0.1, 0.15) is 0 Å². The van der Waals surface area contributed by atoms with Crippen molar-refractivity contribution in [1.29, 1.82) is 0 Å². The molecule has 15 heavy (non-hydrogen) atoms. The second-order valence-corrected chi connectivity index (χ2v) is 4.23. The molecule has 0 saturated heterocycles. The van der Waals surface area contributed by atoms with E-state index in [2.05, 4.69) is 17.1 Å². The van der Waals surface area contributed by atoms with E-state index in [0.29, 0.717) is 12.6 Å². The molecule has 4 heteroatoms. The molecule has 3 N–H and O–H groups in total. The van der Waals surface area contributed by atoms with Crippen LogP contribution < -0.4 is 11.1 Å². The molecule has 4 nitrogen and oxygen atoms in total. The summed E-state index contributed by atoms with van der Waals surface area (Å²) < 4.78 is 0. The van der Waals surface area contributed by atoms with Crippen LogP contribution in [0.2, 0.25) is 0 Å². The molecule has 0 spiro atoms. The number of hydrogen-bond acceptors (Lipinski definition) is 3. The minimum atomic E-state index is -0.210. The highest BCUT2D eigenvalue weighted by Crippen LogP contribution is 2.22. The molecule has 1 saturated carbocycles. The Balaban J connectivity index is 2.33. The number of likely N-dealkylation sites (N-methyl/N-ethyl adjacent to an activating group) is 1. The average Bonchev–Trinajstić information content (AvgIpc) is 2.68. The van der Waals surface area contributed by atoms with Crippen molar-refractivity contribution in [2.24, 2.45) is 5.73 Å². The number of hydrogen-bond donors (Lipinski definition) is 2. The molecule has 1 aliphatic carbocycles. The van der Waals surface area contributed by atoms with Gasteiger partial charge in [0.05, 0.1) is 6.54 Å². The molecule has 1 amide bonds. The molecule has 0 aromatic carbocycles. The van der Waals surface area contributed by atoms with E-state index in [9.17, 15) is 4.79 Å². The van der Waals surface area contributed by atoms with Gasteiger partial charge in [0.15, 0.2) is 0 Å². The Bertz CT molecular complexity index is 190. The minimum Gasteiger partial charge on any atom is -0.369 e. The summed E-state index contributed by atoms with van der Waals surface area (Å²) >= 11 is 0. The molecule has 0 heterocycles. The third-order valence-electron chi connectivity index (χ3n) is 3.03. The molecular formula is C11H23N3O. The summed E-state index contributed by atoms with van der Waals surface area (Å²) in [4.78, 5) is 13.2. The molecule has 0 bridgehead atoms. The molecule has 0 aromatic heterocycles. The van der Waals surface area contributed by atoms with Gasteiger partial charge in [-0.15, -0.1) is 0 Å². The zero-order chi connectivity index (χ0) is 11.1. The number of nitrogens with one attached hydrogen (secondary N) is 1. The van der Waals surface area contributed by atoms with E-state index in [0.717, 1.165) is 19.6 Å². The van der Waals surface area contributed by atoms with E-state index in [1.807, 2.05) is 0 Å². The number of primary amides is 1. The van der Waals surface area contributed by atoms with Crippen LogP contribution >= 0.6 is 0 Å². The average molecular weight is 213 g/mol. The van der Waals surface area contributed by atoms with Gasteiger partial charge in [-0.3, -0.25) is 9.69 Å². The van der Waals surface area contributed by atoms with Crippen molar-refractivity contribution in [2.75, 3.05) is 26.2 Å². The number of carbonyl (C=O) groups excluding carboxylic acids is 1. The fourth-order valence-corrected chi connectivity index (χ4v) is 2.26.